The Kier molecular flexibility index (Phi) is 3.67. The number of carbonyl (C=O) groups excluding carboxylic acids is 1. The third-order valence-electron chi connectivity index (χ3n) is 1.73. The van der Waals surface area contributed by atoms with Gasteiger partial charge in [-0.05, 0) is 30.5 Å². The average Bonchev–Trinajstić information content (AvgIpc) is 2.15. The van der Waals surface area contributed by atoms with E-state index >= 15 is 0 Å². The van der Waals surface area contributed by atoms with Gasteiger partial charge in [0.1, 0.15) is 0 Å². The third-order valence-corrected chi connectivity index (χ3v) is 1.73. The number of rotatable bonds is 4. The van der Waals surface area contributed by atoms with Crippen LogP contribution in [-0.2, 0) is 11.2 Å². The molecule has 0 aliphatic rings. The Balaban J connectivity index is 2.45. The Labute approximate surface area is 82.1 Å². The molecule has 74 valence electrons. The molecule has 14 heavy (non-hydrogen) atoms. The first-order valence-corrected chi connectivity index (χ1v) is 4.24. The molecule has 0 saturated heterocycles. The van der Waals surface area contributed by atoms with Crippen LogP contribution in [0.1, 0.15) is 12.0 Å². The fraction of sp³-hybridized carbons (Fsp3) is 0.200. The number of allylic oxidation sites excluding steroid dienone is 1. The first-order valence-electron chi connectivity index (χ1n) is 4.24. The molecular weight excluding hydrogens is 180 g/mol. The van der Waals surface area contributed by atoms with Crippen LogP contribution in [0.2, 0.25) is 0 Å². The Bertz CT molecular complexity index is 333. The maximum Gasteiger partial charge on any atom is 0.0659 e. The Morgan fingerprint density at radius 3 is 3.00 bits per heavy atom. The van der Waals surface area contributed by atoms with E-state index in [1.807, 2.05) is 12.1 Å². The lowest BCUT2D eigenvalue weighted by Gasteiger charge is -2.02. The topological polar surface area (TPSA) is 79.0 Å². The lowest BCUT2D eigenvalue weighted by Crippen LogP contribution is -2.21. The van der Waals surface area contributed by atoms with E-state index in [4.69, 9.17) is 5.73 Å². The fourth-order valence-electron chi connectivity index (χ4n) is 1.06. The Morgan fingerprint density at radius 2 is 2.43 bits per heavy atom. The van der Waals surface area contributed by atoms with Crippen LogP contribution < -0.4 is 10.8 Å². The van der Waals surface area contributed by atoms with Crippen LogP contribution >= 0.6 is 0 Å². The normalized spacial score (nSPS) is 11.3. The van der Waals surface area contributed by atoms with Crippen LogP contribution in [0.5, 0.6) is 0 Å². The van der Waals surface area contributed by atoms with Crippen molar-refractivity contribution in [2.45, 2.75) is 12.8 Å². The second-order valence-electron chi connectivity index (χ2n) is 2.90. The van der Waals surface area contributed by atoms with Gasteiger partial charge >= 0.3 is 0 Å². The quantitative estimate of drug-likeness (QED) is 0.657. The zero-order valence-electron chi connectivity index (χ0n) is 7.64. The number of carboxylic acid groups (broad SMARTS) is 1. The van der Waals surface area contributed by atoms with E-state index in [0.29, 0.717) is 18.5 Å². The monoisotopic (exact) mass is 191 g/mol. The molecule has 0 aromatic carbocycles. The fourth-order valence-corrected chi connectivity index (χ4v) is 1.06. The summed E-state index contributed by atoms with van der Waals surface area (Å²) in [5.74, 6) is -1.26. The van der Waals surface area contributed by atoms with E-state index in [-0.39, 0.29) is 0 Å². The molecule has 0 unspecified atom stereocenters. The van der Waals surface area contributed by atoms with E-state index in [1.54, 1.807) is 12.4 Å². The lowest BCUT2D eigenvalue weighted by atomic mass is 10.1. The minimum atomic E-state index is -1.26. The van der Waals surface area contributed by atoms with E-state index in [0.717, 1.165) is 11.6 Å². The smallest absolute Gasteiger partial charge is 0.0659 e. The molecule has 1 aromatic heterocycles. The second-order valence-corrected chi connectivity index (χ2v) is 2.90. The predicted octanol–water partition coefficient (Wildman–Crippen LogP) is -0.393. The van der Waals surface area contributed by atoms with Crippen molar-refractivity contribution in [3.05, 3.63) is 41.9 Å². The summed E-state index contributed by atoms with van der Waals surface area (Å²) in [6.45, 7) is 0. The molecule has 1 aromatic rings. The van der Waals surface area contributed by atoms with Gasteiger partial charge in [0.05, 0.1) is 5.97 Å². The minimum absolute atomic E-state index is 0.314. The maximum atomic E-state index is 10.1. The summed E-state index contributed by atoms with van der Waals surface area (Å²) in [6.07, 6.45) is 5.51. The lowest BCUT2D eigenvalue weighted by molar-refractivity contribution is -0.297. The second kappa shape index (κ2) is 5.01. The number of aromatic nitrogens is 1. The summed E-state index contributed by atoms with van der Waals surface area (Å²) >= 11 is 0. The van der Waals surface area contributed by atoms with Crippen LogP contribution in [0.25, 0.3) is 0 Å². The van der Waals surface area contributed by atoms with Crippen molar-refractivity contribution in [1.29, 1.82) is 0 Å². The van der Waals surface area contributed by atoms with Crippen LogP contribution in [0.4, 0.5) is 0 Å². The first-order chi connectivity index (χ1) is 6.68. The number of aliphatic carboxylic acids is 1. The van der Waals surface area contributed by atoms with Gasteiger partial charge in [-0.25, -0.2) is 0 Å². The standard InChI is InChI=1S/C10H12N2O2/c11-9(6-10(13)14)4-3-8-2-1-5-12-7-8/h1-2,5-7H,3-4,11H2,(H,13,14)/p-1/b9-6-. The van der Waals surface area contributed by atoms with Crippen molar-refractivity contribution in [3.63, 3.8) is 0 Å². The number of carboxylic acids is 1. The van der Waals surface area contributed by atoms with Crippen molar-refractivity contribution in [1.82, 2.24) is 4.98 Å². The number of carbonyl (C=O) groups is 1. The van der Waals surface area contributed by atoms with Gasteiger partial charge in [0.15, 0.2) is 0 Å². The highest BCUT2D eigenvalue weighted by atomic mass is 16.4. The highest BCUT2D eigenvalue weighted by Gasteiger charge is 1.94. The largest absolute Gasteiger partial charge is 0.545 e. The highest BCUT2D eigenvalue weighted by molar-refractivity contribution is 5.78. The number of nitrogens with zero attached hydrogens (tertiary/aromatic N) is 1. The van der Waals surface area contributed by atoms with Crippen molar-refractivity contribution < 1.29 is 9.90 Å². The molecule has 1 heterocycles. The van der Waals surface area contributed by atoms with Crippen LogP contribution in [0, 0.1) is 0 Å². The van der Waals surface area contributed by atoms with Crippen molar-refractivity contribution >= 4 is 5.97 Å². The molecular formula is C10H11N2O2-. The molecule has 0 spiro atoms. The van der Waals surface area contributed by atoms with Crippen LogP contribution in [0.15, 0.2) is 36.3 Å². The SMILES string of the molecule is N/C(=C\C(=O)[O-])CCc1cccnc1. The molecule has 4 nitrogen and oxygen atoms in total. The van der Waals surface area contributed by atoms with Crippen molar-refractivity contribution in [2.24, 2.45) is 5.73 Å². The Morgan fingerprint density at radius 1 is 1.64 bits per heavy atom. The predicted molar refractivity (Wildman–Crippen MR) is 49.8 cm³/mol. The summed E-state index contributed by atoms with van der Waals surface area (Å²) in [7, 11) is 0. The van der Waals surface area contributed by atoms with Crippen molar-refractivity contribution in [2.75, 3.05) is 0 Å². The Hall–Kier alpha value is -1.84. The number of nitrogens with two attached hydrogens (primary N) is 1. The van der Waals surface area contributed by atoms with Gasteiger partial charge in [0.25, 0.3) is 0 Å². The molecule has 0 radical (unpaired) electrons. The van der Waals surface area contributed by atoms with Gasteiger partial charge in [-0.3, -0.25) is 4.98 Å². The van der Waals surface area contributed by atoms with Gasteiger partial charge in [0.2, 0.25) is 0 Å². The number of hydrogen-bond acceptors (Lipinski definition) is 4. The molecule has 1 rings (SSSR count). The summed E-state index contributed by atoms with van der Waals surface area (Å²) < 4.78 is 0. The summed E-state index contributed by atoms with van der Waals surface area (Å²) in [6, 6.07) is 3.74. The highest BCUT2D eigenvalue weighted by Crippen LogP contribution is 2.03. The van der Waals surface area contributed by atoms with Gasteiger partial charge in [-0.2, -0.15) is 0 Å². The van der Waals surface area contributed by atoms with Gasteiger partial charge in [-0.1, -0.05) is 6.07 Å². The van der Waals surface area contributed by atoms with Crippen LogP contribution in [0.3, 0.4) is 0 Å². The summed E-state index contributed by atoms with van der Waals surface area (Å²) in [4.78, 5) is 14.1. The number of hydrogen-bond donors (Lipinski definition) is 1. The molecule has 0 amide bonds. The first kappa shape index (κ1) is 10.2. The molecule has 0 aliphatic heterocycles. The van der Waals surface area contributed by atoms with E-state index < -0.39 is 5.97 Å². The van der Waals surface area contributed by atoms with Crippen LogP contribution in [-0.4, -0.2) is 11.0 Å². The zero-order chi connectivity index (χ0) is 10.4. The molecule has 0 atom stereocenters. The molecule has 0 fully saturated rings. The molecule has 0 aliphatic carbocycles. The van der Waals surface area contributed by atoms with Gasteiger partial charge < -0.3 is 15.6 Å². The average molecular weight is 191 g/mol. The summed E-state index contributed by atoms with van der Waals surface area (Å²) in [5.41, 5.74) is 6.79. The summed E-state index contributed by atoms with van der Waals surface area (Å²) in [5, 5.41) is 10.1. The number of pyridine rings is 1. The van der Waals surface area contributed by atoms with E-state index in [1.165, 1.54) is 0 Å². The van der Waals surface area contributed by atoms with Crippen molar-refractivity contribution in [3.8, 4) is 0 Å². The minimum Gasteiger partial charge on any atom is -0.545 e. The van der Waals surface area contributed by atoms with Gasteiger partial charge in [-0.15, -0.1) is 0 Å². The van der Waals surface area contributed by atoms with E-state index in [9.17, 15) is 9.90 Å². The maximum absolute atomic E-state index is 10.1. The zero-order valence-corrected chi connectivity index (χ0v) is 7.64. The van der Waals surface area contributed by atoms with E-state index in [2.05, 4.69) is 4.98 Å². The molecule has 0 bridgehead atoms. The molecule has 4 heteroatoms. The molecule has 0 saturated carbocycles. The number of aryl methyl sites for hydroxylation is 1. The molecule has 2 N–H and O–H groups in total. The van der Waals surface area contributed by atoms with Gasteiger partial charge in [0, 0.05) is 18.1 Å². The third kappa shape index (κ3) is 3.71.